The highest BCUT2D eigenvalue weighted by atomic mass is 19.1. The number of rotatable bonds is 3. The molecule has 114 valence electrons. The Balaban J connectivity index is 2.16. The maximum absolute atomic E-state index is 13.5. The largest absolute Gasteiger partial charge is 0.481 e. The van der Waals surface area contributed by atoms with Crippen molar-refractivity contribution in [2.45, 2.75) is 45.1 Å². The van der Waals surface area contributed by atoms with Crippen molar-refractivity contribution >= 4 is 11.9 Å². The first-order valence-electron chi connectivity index (χ1n) is 7.29. The molecule has 0 saturated heterocycles. The molecule has 0 aliphatic heterocycles. The third-order valence-electron chi connectivity index (χ3n) is 4.16. The fourth-order valence-corrected chi connectivity index (χ4v) is 2.88. The molecule has 1 aromatic rings. The van der Waals surface area contributed by atoms with Gasteiger partial charge in [0.05, 0.1) is 5.92 Å². The van der Waals surface area contributed by atoms with E-state index in [2.05, 4.69) is 5.32 Å². The van der Waals surface area contributed by atoms with E-state index in [9.17, 15) is 19.1 Å². The molecule has 1 fully saturated rings. The molecule has 0 radical (unpaired) electrons. The first kappa shape index (κ1) is 15.5. The number of benzene rings is 1. The lowest BCUT2D eigenvalue weighted by atomic mass is 9.94. The summed E-state index contributed by atoms with van der Waals surface area (Å²) in [6.07, 6.45) is 3.97. The Morgan fingerprint density at radius 3 is 2.67 bits per heavy atom. The number of nitrogens with one attached hydrogen (secondary N) is 1. The van der Waals surface area contributed by atoms with Gasteiger partial charge in [0.1, 0.15) is 5.82 Å². The molecule has 0 aromatic heterocycles. The lowest BCUT2D eigenvalue weighted by Crippen LogP contribution is -2.43. The van der Waals surface area contributed by atoms with E-state index in [4.69, 9.17) is 0 Å². The lowest BCUT2D eigenvalue weighted by molar-refractivity contribution is -0.142. The molecule has 2 rings (SSSR count). The van der Waals surface area contributed by atoms with Crippen LogP contribution < -0.4 is 5.32 Å². The molecule has 21 heavy (non-hydrogen) atoms. The van der Waals surface area contributed by atoms with Crippen LogP contribution in [0.5, 0.6) is 0 Å². The number of carboxylic acid groups (broad SMARTS) is 1. The van der Waals surface area contributed by atoms with Gasteiger partial charge < -0.3 is 10.4 Å². The average molecular weight is 293 g/mol. The standard InChI is InChI=1S/C16H20FNO3/c1-10-11(7-5-8-13(10)17)15(19)18-14-9-4-2-3-6-12(14)16(20)21/h5,7-8,12,14H,2-4,6,9H2,1H3,(H,18,19)(H,20,21)/t12-,14+/m1/s1. The van der Waals surface area contributed by atoms with E-state index in [0.717, 1.165) is 19.3 Å². The van der Waals surface area contributed by atoms with Crippen LogP contribution in [0.3, 0.4) is 0 Å². The number of hydrogen-bond donors (Lipinski definition) is 2. The monoisotopic (exact) mass is 293 g/mol. The van der Waals surface area contributed by atoms with Gasteiger partial charge in [-0.25, -0.2) is 4.39 Å². The zero-order valence-corrected chi connectivity index (χ0v) is 12.1. The Labute approximate surface area is 123 Å². The van der Waals surface area contributed by atoms with Gasteiger partial charge in [-0.1, -0.05) is 25.3 Å². The van der Waals surface area contributed by atoms with Gasteiger partial charge in [0.2, 0.25) is 0 Å². The lowest BCUT2D eigenvalue weighted by Gasteiger charge is -2.23. The summed E-state index contributed by atoms with van der Waals surface area (Å²) in [5, 5.41) is 12.1. The minimum atomic E-state index is -0.877. The zero-order chi connectivity index (χ0) is 15.4. The highest BCUT2D eigenvalue weighted by Crippen LogP contribution is 2.24. The molecule has 0 spiro atoms. The number of carbonyl (C=O) groups is 2. The maximum Gasteiger partial charge on any atom is 0.308 e. The van der Waals surface area contributed by atoms with Gasteiger partial charge in [0.25, 0.3) is 5.91 Å². The van der Waals surface area contributed by atoms with Crippen LogP contribution in [0.25, 0.3) is 0 Å². The summed E-state index contributed by atoms with van der Waals surface area (Å²) in [5.74, 6) is -2.27. The molecule has 2 N–H and O–H groups in total. The maximum atomic E-state index is 13.5. The van der Waals surface area contributed by atoms with E-state index in [-0.39, 0.29) is 17.2 Å². The molecule has 1 aliphatic rings. The summed E-state index contributed by atoms with van der Waals surface area (Å²) >= 11 is 0. The highest BCUT2D eigenvalue weighted by molar-refractivity contribution is 5.96. The van der Waals surface area contributed by atoms with Gasteiger partial charge in [-0.3, -0.25) is 9.59 Å². The molecule has 1 amide bonds. The van der Waals surface area contributed by atoms with Crippen LogP contribution in [-0.4, -0.2) is 23.0 Å². The fourth-order valence-electron chi connectivity index (χ4n) is 2.88. The van der Waals surface area contributed by atoms with E-state index in [1.807, 2.05) is 0 Å². The van der Waals surface area contributed by atoms with Crippen LogP contribution >= 0.6 is 0 Å². The summed E-state index contributed by atoms with van der Waals surface area (Å²) in [5.41, 5.74) is 0.555. The van der Waals surface area contributed by atoms with Crippen molar-refractivity contribution in [1.29, 1.82) is 0 Å². The summed E-state index contributed by atoms with van der Waals surface area (Å²) in [7, 11) is 0. The van der Waals surface area contributed by atoms with Crippen molar-refractivity contribution in [3.8, 4) is 0 Å². The first-order chi connectivity index (χ1) is 10.0. The number of halogens is 1. The van der Waals surface area contributed by atoms with Crippen molar-refractivity contribution in [1.82, 2.24) is 5.32 Å². The van der Waals surface area contributed by atoms with Gasteiger partial charge in [-0.05, 0) is 37.5 Å². The molecule has 0 unspecified atom stereocenters. The van der Waals surface area contributed by atoms with Crippen molar-refractivity contribution in [2.75, 3.05) is 0 Å². The molecular formula is C16H20FNO3. The zero-order valence-electron chi connectivity index (χ0n) is 12.1. The molecule has 1 saturated carbocycles. The molecule has 2 atom stereocenters. The third kappa shape index (κ3) is 3.60. The number of amides is 1. The number of carboxylic acids is 1. The molecule has 5 heteroatoms. The second-order valence-electron chi connectivity index (χ2n) is 5.58. The summed E-state index contributed by atoms with van der Waals surface area (Å²) in [6, 6.07) is 3.96. The van der Waals surface area contributed by atoms with Gasteiger partial charge in [-0.15, -0.1) is 0 Å². The van der Waals surface area contributed by atoms with Gasteiger partial charge in [0.15, 0.2) is 0 Å². The second-order valence-corrected chi connectivity index (χ2v) is 5.58. The van der Waals surface area contributed by atoms with E-state index in [1.165, 1.54) is 12.1 Å². The van der Waals surface area contributed by atoms with E-state index < -0.39 is 23.6 Å². The quantitative estimate of drug-likeness (QED) is 0.842. The summed E-state index contributed by atoms with van der Waals surface area (Å²) < 4.78 is 13.5. The predicted molar refractivity (Wildman–Crippen MR) is 76.6 cm³/mol. The normalized spacial score (nSPS) is 22.4. The Morgan fingerprint density at radius 1 is 1.24 bits per heavy atom. The Hall–Kier alpha value is -1.91. The number of carbonyl (C=O) groups excluding carboxylic acids is 1. The minimum Gasteiger partial charge on any atom is -0.481 e. The molecule has 0 heterocycles. The minimum absolute atomic E-state index is 0.267. The average Bonchev–Trinajstić information content (AvgIpc) is 2.67. The molecular weight excluding hydrogens is 273 g/mol. The Morgan fingerprint density at radius 2 is 1.95 bits per heavy atom. The van der Waals surface area contributed by atoms with Gasteiger partial charge in [-0.2, -0.15) is 0 Å². The molecule has 4 nitrogen and oxygen atoms in total. The summed E-state index contributed by atoms with van der Waals surface area (Å²) in [4.78, 5) is 23.6. The molecule has 0 bridgehead atoms. The smallest absolute Gasteiger partial charge is 0.308 e. The number of aliphatic carboxylic acids is 1. The third-order valence-corrected chi connectivity index (χ3v) is 4.16. The van der Waals surface area contributed by atoms with Crippen LogP contribution in [0.4, 0.5) is 4.39 Å². The van der Waals surface area contributed by atoms with Gasteiger partial charge in [0, 0.05) is 11.6 Å². The van der Waals surface area contributed by atoms with Crippen LogP contribution in [0.1, 0.15) is 48.0 Å². The van der Waals surface area contributed by atoms with Crippen molar-refractivity contribution in [2.24, 2.45) is 5.92 Å². The fraction of sp³-hybridized carbons (Fsp3) is 0.500. The van der Waals surface area contributed by atoms with Crippen molar-refractivity contribution < 1.29 is 19.1 Å². The Bertz CT molecular complexity index is 544. The Kier molecular flexibility index (Phi) is 4.94. The van der Waals surface area contributed by atoms with Crippen molar-refractivity contribution in [3.05, 3.63) is 35.1 Å². The predicted octanol–water partition coefficient (Wildman–Crippen LogP) is 2.90. The van der Waals surface area contributed by atoms with Crippen LogP contribution in [0.2, 0.25) is 0 Å². The van der Waals surface area contributed by atoms with Crippen molar-refractivity contribution in [3.63, 3.8) is 0 Å². The summed E-state index contributed by atoms with van der Waals surface area (Å²) in [6.45, 7) is 1.55. The van der Waals surface area contributed by atoms with E-state index in [0.29, 0.717) is 12.8 Å². The topological polar surface area (TPSA) is 66.4 Å². The SMILES string of the molecule is Cc1c(F)cccc1C(=O)N[C@H]1CCCCC[C@H]1C(=O)O. The van der Waals surface area contributed by atoms with E-state index >= 15 is 0 Å². The van der Waals surface area contributed by atoms with Gasteiger partial charge >= 0.3 is 5.97 Å². The second kappa shape index (κ2) is 6.70. The van der Waals surface area contributed by atoms with Crippen LogP contribution in [0.15, 0.2) is 18.2 Å². The van der Waals surface area contributed by atoms with Crippen LogP contribution in [-0.2, 0) is 4.79 Å². The van der Waals surface area contributed by atoms with E-state index in [1.54, 1.807) is 13.0 Å². The van der Waals surface area contributed by atoms with Crippen LogP contribution in [0, 0.1) is 18.7 Å². The highest BCUT2D eigenvalue weighted by Gasteiger charge is 2.31. The molecule has 1 aromatic carbocycles. The first-order valence-corrected chi connectivity index (χ1v) is 7.29. The molecule has 1 aliphatic carbocycles. The number of hydrogen-bond acceptors (Lipinski definition) is 2.